The molecule has 0 bridgehead atoms. The SMILES string of the molecule is CN1C(=Cc2cc([N+]3(CCC[N+](C)(C)C)CCC3[N+](C)(C)C)[n+](-c3ccccc3)c3ccccc23)Sc2ccccc21. The highest BCUT2D eigenvalue weighted by Gasteiger charge is 2.60. The van der Waals surface area contributed by atoms with Gasteiger partial charge >= 0.3 is 5.82 Å². The second-order valence-corrected chi connectivity index (χ2v) is 15.1. The summed E-state index contributed by atoms with van der Waals surface area (Å²) >= 11 is 1.87. The van der Waals surface area contributed by atoms with E-state index in [-0.39, 0.29) is 0 Å². The van der Waals surface area contributed by atoms with Crippen LogP contribution >= 0.6 is 11.8 Å². The second-order valence-electron chi connectivity index (χ2n) is 14.0. The average Bonchev–Trinajstić information content (AvgIpc) is 3.24. The zero-order valence-electron chi connectivity index (χ0n) is 26.4. The summed E-state index contributed by atoms with van der Waals surface area (Å²) in [6, 6.07) is 31.3. The van der Waals surface area contributed by atoms with Crippen molar-refractivity contribution in [2.24, 2.45) is 0 Å². The van der Waals surface area contributed by atoms with Crippen LogP contribution in [-0.2, 0) is 0 Å². The number of fused-ring (bicyclic) bond motifs is 2. The molecule has 42 heavy (non-hydrogen) atoms. The molecule has 6 heteroatoms. The van der Waals surface area contributed by atoms with Crippen molar-refractivity contribution in [3.63, 3.8) is 0 Å². The summed E-state index contributed by atoms with van der Waals surface area (Å²) in [7, 11) is 16.3. The van der Waals surface area contributed by atoms with Crippen molar-refractivity contribution in [1.82, 2.24) is 4.48 Å². The summed E-state index contributed by atoms with van der Waals surface area (Å²) < 4.78 is 5.52. The van der Waals surface area contributed by atoms with Crippen molar-refractivity contribution in [2.75, 3.05) is 73.9 Å². The molecular formula is C36H47N5S+4. The molecule has 0 spiro atoms. The van der Waals surface area contributed by atoms with Crippen LogP contribution in [0, 0.1) is 0 Å². The third-order valence-electron chi connectivity index (χ3n) is 9.13. The van der Waals surface area contributed by atoms with E-state index in [1.807, 2.05) is 11.8 Å². The molecule has 218 valence electrons. The van der Waals surface area contributed by atoms with Crippen LogP contribution in [0.5, 0.6) is 0 Å². The molecule has 1 aromatic heterocycles. The predicted molar refractivity (Wildman–Crippen MR) is 180 cm³/mol. The normalized spacial score (nSPS) is 21.5. The highest BCUT2D eigenvalue weighted by atomic mass is 32.2. The maximum atomic E-state index is 2.57. The molecule has 2 aliphatic rings. The maximum Gasteiger partial charge on any atom is 0.380 e. The molecule has 1 fully saturated rings. The maximum absolute atomic E-state index is 2.57. The van der Waals surface area contributed by atoms with E-state index >= 15 is 0 Å². The van der Waals surface area contributed by atoms with Crippen LogP contribution in [0.3, 0.4) is 0 Å². The fourth-order valence-corrected chi connectivity index (χ4v) is 8.17. The Morgan fingerprint density at radius 3 is 2.26 bits per heavy atom. The minimum absolute atomic E-state index is 0.502. The first-order valence-corrected chi connectivity index (χ1v) is 16.0. The largest absolute Gasteiger partial charge is 0.380 e. The first-order chi connectivity index (χ1) is 20.0. The number of nitrogens with zero attached hydrogens (tertiary/aromatic N) is 5. The molecule has 6 rings (SSSR count). The standard InChI is InChI=1S/C36H47N5S/c1-37-32-20-13-14-21-33(32)42-35(37)27-28-26-34(38(29-16-9-8-10-17-29)31-19-12-11-18-30(28)31)41(24-15-23-39(2,3)4)25-22-36(41)40(5,6)7/h8-14,16-21,26-27,36H,15,22-25H2,1-7H3/q+4. The van der Waals surface area contributed by atoms with Crippen LogP contribution < -0.4 is 14.0 Å². The fourth-order valence-electron chi connectivity index (χ4n) is 7.07. The topological polar surface area (TPSA) is 7.12 Å². The van der Waals surface area contributed by atoms with Gasteiger partial charge in [-0.25, -0.2) is 0 Å². The van der Waals surface area contributed by atoms with Gasteiger partial charge < -0.3 is 9.38 Å². The molecule has 0 aliphatic carbocycles. The number of benzene rings is 3. The van der Waals surface area contributed by atoms with E-state index in [2.05, 4.69) is 150 Å². The lowest BCUT2D eigenvalue weighted by Gasteiger charge is -2.53. The van der Waals surface area contributed by atoms with Gasteiger partial charge in [-0.05, 0) is 24.3 Å². The van der Waals surface area contributed by atoms with Crippen LogP contribution in [0.25, 0.3) is 22.7 Å². The Labute approximate surface area is 256 Å². The van der Waals surface area contributed by atoms with Gasteiger partial charge in [0.25, 0.3) is 0 Å². The number of likely N-dealkylation sites (tertiary alicyclic amines) is 1. The lowest BCUT2D eigenvalue weighted by atomic mass is 9.98. The number of thioether (sulfide) groups is 1. The smallest absolute Gasteiger partial charge is 0.338 e. The molecular weight excluding hydrogens is 534 g/mol. The lowest BCUT2D eigenvalue weighted by molar-refractivity contribution is -0.915. The van der Waals surface area contributed by atoms with Gasteiger partial charge in [0, 0.05) is 42.1 Å². The molecule has 2 aliphatic heterocycles. The van der Waals surface area contributed by atoms with E-state index in [4.69, 9.17) is 0 Å². The number of aromatic nitrogens is 1. The molecule has 0 N–H and O–H groups in total. The van der Waals surface area contributed by atoms with Crippen LogP contribution in [0.2, 0.25) is 0 Å². The molecule has 0 saturated carbocycles. The fraction of sp³-hybridized carbons (Fsp3) is 0.361. The van der Waals surface area contributed by atoms with Crippen molar-refractivity contribution in [1.29, 1.82) is 0 Å². The molecule has 3 heterocycles. The first kappa shape index (κ1) is 28.9. The highest BCUT2D eigenvalue weighted by molar-refractivity contribution is 8.03. The Bertz CT molecular complexity index is 1630. The summed E-state index contributed by atoms with van der Waals surface area (Å²) in [5.41, 5.74) is 5.09. The van der Waals surface area contributed by atoms with Crippen molar-refractivity contribution < 1.29 is 13.5 Å². The number of hydrogen-bond acceptors (Lipinski definition) is 2. The van der Waals surface area contributed by atoms with E-state index in [1.54, 1.807) is 0 Å². The summed E-state index contributed by atoms with van der Waals surface area (Å²) in [6.45, 7) is 3.47. The highest BCUT2D eigenvalue weighted by Crippen LogP contribution is 2.46. The van der Waals surface area contributed by atoms with Crippen LogP contribution in [0.1, 0.15) is 18.4 Å². The Balaban J connectivity index is 1.59. The molecule has 5 nitrogen and oxygen atoms in total. The van der Waals surface area contributed by atoms with Gasteiger partial charge in [0.1, 0.15) is 13.0 Å². The monoisotopic (exact) mass is 581 g/mol. The van der Waals surface area contributed by atoms with Crippen molar-refractivity contribution in [3.05, 3.63) is 95.5 Å². The summed E-state index contributed by atoms with van der Waals surface area (Å²) in [6.07, 6.45) is 5.35. The number of hydrogen-bond donors (Lipinski definition) is 0. The van der Waals surface area contributed by atoms with E-state index in [9.17, 15) is 0 Å². The first-order valence-electron chi connectivity index (χ1n) is 15.2. The zero-order valence-corrected chi connectivity index (χ0v) is 27.2. The molecule has 1 saturated heterocycles. The van der Waals surface area contributed by atoms with Gasteiger partial charge in [0.05, 0.1) is 77.5 Å². The van der Waals surface area contributed by atoms with Gasteiger partial charge in [0.2, 0.25) is 17.4 Å². The lowest BCUT2D eigenvalue weighted by Crippen LogP contribution is -2.78. The van der Waals surface area contributed by atoms with Crippen LogP contribution in [0.4, 0.5) is 11.5 Å². The van der Waals surface area contributed by atoms with Crippen LogP contribution in [-0.4, -0.2) is 84.1 Å². The zero-order chi connectivity index (χ0) is 29.7. The van der Waals surface area contributed by atoms with Crippen molar-refractivity contribution in [2.45, 2.75) is 23.9 Å². The third kappa shape index (κ3) is 5.26. The van der Waals surface area contributed by atoms with Crippen molar-refractivity contribution in [3.8, 4) is 5.69 Å². The van der Waals surface area contributed by atoms with E-state index < -0.39 is 0 Å². The molecule has 2 atom stereocenters. The third-order valence-corrected chi connectivity index (χ3v) is 10.3. The Kier molecular flexibility index (Phi) is 7.47. The minimum atomic E-state index is 0.502. The van der Waals surface area contributed by atoms with Crippen molar-refractivity contribution >= 4 is 40.2 Å². The van der Waals surface area contributed by atoms with E-state index in [1.165, 1.54) is 69.5 Å². The Morgan fingerprint density at radius 1 is 0.905 bits per heavy atom. The molecule has 4 aromatic rings. The number of pyridine rings is 1. The number of para-hydroxylation sites is 3. The Morgan fingerprint density at radius 2 is 1.60 bits per heavy atom. The van der Waals surface area contributed by atoms with Gasteiger partial charge in [-0.3, -0.25) is 4.48 Å². The summed E-state index contributed by atoms with van der Waals surface area (Å²) in [4.78, 5) is 3.67. The molecule has 3 aromatic carbocycles. The van der Waals surface area contributed by atoms with Gasteiger partial charge in [-0.15, -0.1) is 4.57 Å². The Hall–Kier alpha value is -3.16. The van der Waals surface area contributed by atoms with Gasteiger partial charge in [-0.2, -0.15) is 4.48 Å². The molecule has 0 amide bonds. The van der Waals surface area contributed by atoms with Gasteiger partial charge in [-0.1, -0.05) is 54.2 Å². The predicted octanol–water partition coefficient (Wildman–Crippen LogP) is 6.50. The number of rotatable bonds is 8. The van der Waals surface area contributed by atoms with Crippen LogP contribution in [0.15, 0.2) is 94.9 Å². The summed E-state index contributed by atoms with van der Waals surface area (Å²) in [5, 5.41) is 2.56. The molecule has 2 unspecified atom stereocenters. The van der Waals surface area contributed by atoms with E-state index in [0.29, 0.717) is 6.17 Å². The van der Waals surface area contributed by atoms with E-state index in [0.717, 1.165) is 20.0 Å². The number of quaternary nitrogens is 3. The number of anilines is 1. The summed E-state index contributed by atoms with van der Waals surface area (Å²) in [5.74, 6) is 1.40. The van der Waals surface area contributed by atoms with Gasteiger partial charge in [0.15, 0.2) is 0 Å². The minimum Gasteiger partial charge on any atom is -0.338 e. The quantitative estimate of drug-likeness (QED) is 0.173. The molecule has 0 radical (unpaired) electrons. The average molecular weight is 582 g/mol. The second kappa shape index (κ2) is 10.8.